The summed E-state index contributed by atoms with van der Waals surface area (Å²) in [5.74, 6) is -4.81. The maximum atomic E-state index is 12.5. The lowest BCUT2D eigenvalue weighted by Crippen LogP contribution is -2.61. The Bertz CT molecular complexity index is 2150. The first-order valence-corrected chi connectivity index (χ1v) is 17.8. The number of hydrogen-bond acceptors (Lipinski definition) is 18. The van der Waals surface area contributed by atoms with E-state index in [1.54, 1.807) is 12.1 Å². The van der Waals surface area contributed by atoms with Gasteiger partial charge in [-0.05, 0) is 48.0 Å². The van der Waals surface area contributed by atoms with Crippen molar-refractivity contribution < 1.29 is 98.3 Å². The van der Waals surface area contributed by atoms with Gasteiger partial charge in [-0.25, -0.2) is 9.21 Å². The lowest BCUT2D eigenvalue weighted by Gasteiger charge is -2.41. The number of fused-ring (bicyclic) bond motifs is 1. The van der Waals surface area contributed by atoms with E-state index in [1.807, 2.05) is 0 Å². The van der Waals surface area contributed by atoms with Crippen molar-refractivity contribution in [1.29, 1.82) is 0 Å². The summed E-state index contributed by atoms with van der Waals surface area (Å²) in [4.78, 5) is 35.4. The minimum atomic E-state index is -1.99. The van der Waals surface area contributed by atoms with Crippen molar-refractivity contribution in [3.8, 4) is 40.1 Å². The zero-order valence-electron chi connectivity index (χ0n) is 30.5. The summed E-state index contributed by atoms with van der Waals surface area (Å²) < 4.78 is 39.6. The maximum Gasteiger partial charge on any atom is 0.402 e. The number of benzene rings is 3. The highest BCUT2D eigenvalue weighted by Gasteiger charge is 2.49. The Morgan fingerprint density at radius 1 is 0.712 bits per heavy atom. The van der Waals surface area contributed by atoms with Gasteiger partial charge in [0.15, 0.2) is 6.10 Å². The first-order chi connectivity index (χ1) is 28.1. The predicted molar refractivity (Wildman–Crippen MR) is 195 cm³/mol. The number of hydrogen-bond donors (Lipinski definition) is 10. The molecule has 20 heteroatoms. The third-order valence-electron chi connectivity index (χ3n) is 9.16. The van der Waals surface area contributed by atoms with Crippen molar-refractivity contribution in [1.82, 2.24) is 0 Å². The largest absolute Gasteiger partial charge is 0.508 e. The summed E-state index contributed by atoms with van der Waals surface area (Å²) >= 11 is 0. The van der Waals surface area contributed by atoms with E-state index in [4.69, 9.17) is 37.9 Å². The van der Waals surface area contributed by atoms with Gasteiger partial charge in [-0.15, -0.1) is 0 Å². The van der Waals surface area contributed by atoms with Crippen LogP contribution >= 0.6 is 0 Å². The molecule has 0 aliphatic carbocycles. The van der Waals surface area contributed by atoms with Crippen LogP contribution in [0.15, 0.2) is 77.2 Å². The molecule has 0 bridgehead atoms. The van der Waals surface area contributed by atoms with Crippen molar-refractivity contribution in [3.05, 3.63) is 78.4 Å². The van der Waals surface area contributed by atoms with E-state index in [1.165, 1.54) is 54.6 Å². The average Bonchev–Trinajstić information content (AvgIpc) is 3.20. The maximum absolute atomic E-state index is 12.5. The molecule has 6 rings (SSSR count). The molecule has 314 valence electrons. The molecule has 4 aromatic rings. The fourth-order valence-electron chi connectivity index (χ4n) is 6.15. The number of aromatic hydroxyl groups is 3. The standard InChI is InChI=1S/C39H38O20/c40-15-26-37(59-30(47)14-28(44)45)33(50)35(52)39(57-26)55-24-12-21(43)11-23-22(24)13-25(36(54-23)18-4-8-20(42)9-5-18)56-38-34(51)32(49)31(48)27(58-38)16-53-29(46)10-3-17-1-6-19(41)7-2-17/h1-13,26-27,31-35,37-40,48-52H,14-16H2,(H3-,41,42,43,44,45,46)/p+1/t26?,27?,31-,32?,33-,34?,35?,37-,38-,39-/m1/s1. The number of phenolic OH excluding ortho intramolecular Hbond substituents is 3. The molecule has 1 aromatic heterocycles. The topological polar surface area (TPSA) is 320 Å². The molecular weight excluding hydrogens is 788 g/mol. The second-order valence-electron chi connectivity index (χ2n) is 13.4. The molecule has 3 aromatic carbocycles. The minimum Gasteiger partial charge on any atom is -0.508 e. The molecule has 59 heavy (non-hydrogen) atoms. The number of aliphatic carboxylic acids is 1. The molecular formula is C39H39O20+. The van der Waals surface area contributed by atoms with Gasteiger partial charge >= 0.3 is 29.3 Å². The van der Waals surface area contributed by atoms with Crippen LogP contribution in [0.4, 0.5) is 0 Å². The van der Waals surface area contributed by atoms with Crippen LogP contribution in [0, 0.1) is 0 Å². The smallest absolute Gasteiger partial charge is 0.402 e. The summed E-state index contributed by atoms with van der Waals surface area (Å²) in [5.41, 5.74) is 0.742. The second-order valence-corrected chi connectivity index (χ2v) is 13.4. The van der Waals surface area contributed by atoms with E-state index in [9.17, 15) is 60.3 Å². The van der Waals surface area contributed by atoms with Gasteiger partial charge in [0.05, 0.1) is 18.2 Å². The third-order valence-corrected chi connectivity index (χ3v) is 9.16. The van der Waals surface area contributed by atoms with Crippen molar-refractivity contribution in [2.24, 2.45) is 0 Å². The van der Waals surface area contributed by atoms with Crippen LogP contribution < -0.4 is 9.47 Å². The molecule has 2 aliphatic heterocycles. The molecule has 3 heterocycles. The Morgan fingerprint density at radius 2 is 1.32 bits per heavy atom. The average molecular weight is 828 g/mol. The quantitative estimate of drug-likeness (QED) is 0.0371. The molecule has 0 saturated carbocycles. The SMILES string of the molecule is O=C(O)CC(=O)O[C@@H]1C(CO)O[C@@H](Oc2cc(O)cc3[o+]c(-c4ccc(O)cc4)c(O[C@@H]4OC(COC(=O)/C=C/c5ccc(O)cc5)[C@@H](O)C(O)C4O)cc23)C(O)[C@H]1O. The Hall–Kier alpha value is -6.10. The molecule has 10 atom stereocenters. The number of carboxylic acids is 1. The first kappa shape index (κ1) is 42.5. The zero-order chi connectivity index (χ0) is 42.5. The summed E-state index contributed by atoms with van der Waals surface area (Å²) in [5, 5.41) is 103. The minimum absolute atomic E-state index is 0.0158. The van der Waals surface area contributed by atoms with Crippen molar-refractivity contribution in [3.63, 3.8) is 0 Å². The van der Waals surface area contributed by atoms with E-state index in [2.05, 4.69) is 0 Å². The van der Waals surface area contributed by atoms with E-state index in [0.717, 1.165) is 12.1 Å². The molecule has 2 fully saturated rings. The molecule has 2 saturated heterocycles. The number of phenols is 3. The van der Waals surface area contributed by atoms with E-state index in [0.29, 0.717) is 5.56 Å². The monoisotopic (exact) mass is 827 g/mol. The summed E-state index contributed by atoms with van der Waals surface area (Å²) in [7, 11) is 0. The highest BCUT2D eigenvalue weighted by molar-refractivity contribution is 5.90. The number of esters is 2. The Labute approximate surface area is 332 Å². The van der Waals surface area contributed by atoms with Gasteiger partial charge in [-0.3, -0.25) is 9.59 Å². The van der Waals surface area contributed by atoms with E-state index < -0.39 is 105 Å². The van der Waals surface area contributed by atoms with Crippen LogP contribution in [0.25, 0.3) is 28.4 Å². The Balaban J connectivity index is 1.28. The van der Waals surface area contributed by atoms with Gasteiger partial charge in [0, 0.05) is 18.2 Å². The zero-order valence-corrected chi connectivity index (χ0v) is 30.5. The van der Waals surface area contributed by atoms with Crippen LogP contribution in [-0.2, 0) is 33.3 Å². The number of carboxylic acid groups (broad SMARTS) is 1. The fraction of sp³-hybridized carbons (Fsp3) is 0.333. The van der Waals surface area contributed by atoms with E-state index in [-0.39, 0.29) is 45.3 Å². The van der Waals surface area contributed by atoms with Crippen LogP contribution in [0.1, 0.15) is 12.0 Å². The normalized spacial score (nSPS) is 26.9. The van der Waals surface area contributed by atoms with Gasteiger partial charge in [-0.1, -0.05) is 12.1 Å². The van der Waals surface area contributed by atoms with Crippen molar-refractivity contribution in [2.75, 3.05) is 13.2 Å². The Morgan fingerprint density at radius 3 is 1.97 bits per heavy atom. The number of aliphatic hydroxyl groups is 6. The highest BCUT2D eigenvalue weighted by atomic mass is 16.7. The molecule has 0 spiro atoms. The second kappa shape index (κ2) is 18.2. The molecule has 2 aliphatic rings. The lowest BCUT2D eigenvalue weighted by molar-refractivity contribution is -0.281. The van der Waals surface area contributed by atoms with Crippen LogP contribution in [0.5, 0.6) is 28.7 Å². The third kappa shape index (κ3) is 9.96. The summed E-state index contributed by atoms with van der Waals surface area (Å²) in [6.07, 6.45) is -16.4. The fourth-order valence-corrected chi connectivity index (χ4v) is 6.15. The van der Waals surface area contributed by atoms with Gasteiger partial charge < -0.3 is 79.5 Å². The molecule has 10 N–H and O–H groups in total. The molecule has 0 amide bonds. The van der Waals surface area contributed by atoms with Crippen molar-refractivity contribution >= 4 is 35.0 Å². The van der Waals surface area contributed by atoms with Gasteiger partial charge in [0.2, 0.25) is 18.3 Å². The number of rotatable bonds is 13. The van der Waals surface area contributed by atoms with Gasteiger partial charge in [0.1, 0.15) is 84.1 Å². The Kier molecular flexibility index (Phi) is 13.1. The number of aliphatic hydroxyl groups excluding tert-OH is 6. The highest BCUT2D eigenvalue weighted by Crippen LogP contribution is 2.42. The van der Waals surface area contributed by atoms with E-state index >= 15 is 0 Å². The van der Waals surface area contributed by atoms with Crippen LogP contribution in [0.2, 0.25) is 0 Å². The molecule has 20 nitrogen and oxygen atoms in total. The molecule has 5 unspecified atom stereocenters. The van der Waals surface area contributed by atoms with Crippen LogP contribution in [0.3, 0.4) is 0 Å². The van der Waals surface area contributed by atoms with Crippen molar-refractivity contribution in [2.45, 2.75) is 67.8 Å². The molecule has 0 radical (unpaired) electrons. The summed E-state index contributed by atoms with van der Waals surface area (Å²) in [6.45, 7) is -1.50. The van der Waals surface area contributed by atoms with Gasteiger partial charge in [-0.2, -0.15) is 0 Å². The summed E-state index contributed by atoms with van der Waals surface area (Å²) in [6, 6.07) is 14.9. The lowest BCUT2D eigenvalue weighted by atomic mass is 9.99. The number of carbonyl (C=O) groups is 3. The van der Waals surface area contributed by atoms with Gasteiger partial charge in [0.25, 0.3) is 0 Å². The van der Waals surface area contributed by atoms with Crippen LogP contribution in [-0.4, -0.2) is 144 Å². The predicted octanol–water partition coefficient (Wildman–Crippen LogP) is 0.145. The number of ether oxygens (including phenoxy) is 6. The number of carbonyl (C=O) groups excluding carboxylic acids is 2. The first-order valence-electron chi connectivity index (χ1n) is 17.8.